The van der Waals surface area contributed by atoms with E-state index in [4.69, 9.17) is 25.2 Å². The first-order chi connectivity index (χ1) is 15.6. The molecule has 1 fully saturated rings. The first-order valence-corrected chi connectivity index (χ1v) is 10.2. The standard InChI is InChI=1S/C20H27F3N2O8/c21-20(22,23)12-6-4-11(5-7-12)13(25-32-10-8-24)3-1-2-9-31-19-16(28)14(26)15(27)17(33-19)18(29)30/h4-7,14-17,19,26-28H,1-3,8-10,24H2,(H,29,30)/b25-13+/t14?,15-,16?,17?,19+/m0/s1. The van der Waals surface area contributed by atoms with Crippen LogP contribution in [-0.2, 0) is 25.3 Å². The lowest BCUT2D eigenvalue weighted by Crippen LogP contribution is -2.60. The van der Waals surface area contributed by atoms with Crippen molar-refractivity contribution < 1.29 is 52.7 Å². The van der Waals surface area contributed by atoms with E-state index in [1.807, 2.05) is 0 Å². The van der Waals surface area contributed by atoms with Crippen molar-refractivity contribution in [1.29, 1.82) is 0 Å². The molecule has 33 heavy (non-hydrogen) atoms. The molecule has 1 aromatic rings. The largest absolute Gasteiger partial charge is 0.479 e. The molecule has 0 aliphatic carbocycles. The van der Waals surface area contributed by atoms with Gasteiger partial charge in [-0.05, 0) is 37.0 Å². The van der Waals surface area contributed by atoms with E-state index in [1.165, 1.54) is 12.1 Å². The lowest BCUT2D eigenvalue weighted by molar-refractivity contribution is -0.294. The Hall–Kier alpha value is -2.29. The number of aliphatic hydroxyl groups excluding tert-OH is 3. The Morgan fingerprint density at radius 2 is 1.73 bits per heavy atom. The van der Waals surface area contributed by atoms with Crippen LogP contribution in [0.25, 0.3) is 0 Å². The summed E-state index contributed by atoms with van der Waals surface area (Å²) in [6.45, 7) is 0.336. The number of nitrogens with zero attached hydrogens (tertiary/aromatic N) is 1. The van der Waals surface area contributed by atoms with Gasteiger partial charge in [-0.25, -0.2) is 4.79 Å². The molecule has 13 heteroatoms. The fraction of sp³-hybridized carbons (Fsp3) is 0.600. The number of nitrogens with two attached hydrogens (primary N) is 1. The molecule has 1 aliphatic heterocycles. The molecule has 0 spiro atoms. The van der Waals surface area contributed by atoms with Gasteiger partial charge in [-0.1, -0.05) is 17.3 Å². The molecule has 2 rings (SSSR count). The third-order valence-corrected chi connectivity index (χ3v) is 4.83. The highest BCUT2D eigenvalue weighted by molar-refractivity contribution is 6.00. The Kier molecular flexibility index (Phi) is 10.0. The molecule has 0 amide bonds. The Bertz CT molecular complexity index is 791. The minimum atomic E-state index is -4.46. The Balaban J connectivity index is 1.91. The number of carboxylic acids is 1. The number of aliphatic carboxylic acids is 1. The van der Waals surface area contributed by atoms with Crippen molar-refractivity contribution in [3.8, 4) is 0 Å². The molecule has 1 heterocycles. The number of hydrogen-bond acceptors (Lipinski definition) is 9. The van der Waals surface area contributed by atoms with E-state index in [2.05, 4.69) is 5.16 Å². The van der Waals surface area contributed by atoms with Gasteiger partial charge in [0.1, 0.15) is 24.9 Å². The first kappa shape index (κ1) is 27.0. The Morgan fingerprint density at radius 1 is 1.06 bits per heavy atom. The van der Waals surface area contributed by atoms with Crippen LogP contribution in [0, 0.1) is 0 Å². The lowest BCUT2D eigenvalue weighted by Gasteiger charge is -2.38. The fourth-order valence-corrected chi connectivity index (χ4v) is 3.05. The monoisotopic (exact) mass is 480 g/mol. The van der Waals surface area contributed by atoms with Crippen LogP contribution in [0.5, 0.6) is 0 Å². The predicted octanol–water partition coefficient (Wildman–Crippen LogP) is 0.464. The van der Waals surface area contributed by atoms with Gasteiger partial charge in [0.15, 0.2) is 12.4 Å². The molecule has 186 valence electrons. The maximum atomic E-state index is 12.8. The molecular weight excluding hydrogens is 453 g/mol. The topological polar surface area (TPSA) is 164 Å². The van der Waals surface area contributed by atoms with Gasteiger partial charge in [0, 0.05) is 13.2 Å². The Labute approximate surface area is 187 Å². The van der Waals surface area contributed by atoms with Gasteiger partial charge < -0.3 is 40.5 Å². The quantitative estimate of drug-likeness (QED) is 0.172. The van der Waals surface area contributed by atoms with Crippen LogP contribution in [0.3, 0.4) is 0 Å². The molecule has 6 N–H and O–H groups in total. The summed E-state index contributed by atoms with van der Waals surface area (Å²) in [4.78, 5) is 16.2. The van der Waals surface area contributed by atoms with Crippen LogP contribution < -0.4 is 5.73 Å². The van der Waals surface area contributed by atoms with Gasteiger partial charge in [-0.15, -0.1) is 0 Å². The van der Waals surface area contributed by atoms with E-state index in [0.717, 1.165) is 12.1 Å². The SMILES string of the molecule is NCCO/N=C(\CCCCO[C@@H]1OC(C(=O)O)[C@@H](O)C(O)C1O)c1ccc(C(F)(F)F)cc1. The zero-order chi connectivity index (χ0) is 24.6. The summed E-state index contributed by atoms with van der Waals surface area (Å²) in [5.74, 6) is -1.52. The second-order valence-corrected chi connectivity index (χ2v) is 7.30. The molecule has 1 aromatic carbocycles. The molecule has 1 saturated heterocycles. The number of rotatable bonds is 11. The summed E-state index contributed by atoms with van der Waals surface area (Å²) in [7, 11) is 0. The van der Waals surface area contributed by atoms with Crippen molar-refractivity contribution in [3.05, 3.63) is 35.4 Å². The van der Waals surface area contributed by atoms with E-state index in [9.17, 15) is 33.3 Å². The minimum absolute atomic E-state index is 0.000823. The van der Waals surface area contributed by atoms with Gasteiger partial charge in [0.2, 0.25) is 0 Å². The van der Waals surface area contributed by atoms with Crippen molar-refractivity contribution in [3.63, 3.8) is 0 Å². The number of halogens is 3. The summed E-state index contributed by atoms with van der Waals surface area (Å²) >= 11 is 0. The lowest BCUT2D eigenvalue weighted by atomic mass is 9.99. The molecule has 3 unspecified atom stereocenters. The van der Waals surface area contributed by atoms with Gasteiger partial charge in [-0.3, -0.25) is 0 Å². The average molecular weight is 480 g/mol. The van der Waals surface area contributed by atoms with Gasteiger partial charge in [0.05, 0.1) is 11.3 Å². The summed E-state index contributed by atoms with van der Waals surface area (Å²) < 4.78 is 48.7. The number of aliphatic hydroxyl groups is 3. The zero-order valence-electron chi connectivity index (χ0n) is 17.5. The second-order valence-electron chi connectivity index (χ2n) is 7.30. The van der Waals surface area contributed by atoms with E-state index in [1.54, 1.807) is 0 Å². The fourth-order valence-electron chi connectivity index (χ4n) is 3.05. The maximum absolute atomic E-state index is 12.8. The third kappa shape index (κ3) is 7.62. The smallest absolute Gasteiger partial charge is 0.416 e. The molecular formula is C20H27F3N2O8. The number of ether oxygens (including phenoxy) is 2. The number of carbonyl (C=O) groups is 1. The summed E-state index contributed by atoms with van der Waals surface area (Å²) in [5.41, 5.74) is 5.40. The molecule has 5 atom stereocenters. The number of unbranched alkanes of at least 4 members (excludes halogenated alkanes) is 1. The highest BCUT2D eigenvalue weighted by Gasteiger charge is 2.47. The normalized spacial score (nSPS) is 26.3. The predicted molar refractivity (Wildman–Crippen MR) is 107 cm³/mol. The van der Waals surface area contributed by atoms with Crippen molar-refractivity contribution in [2.75, 3.05) is 19.8 Å². The van der Waals surface area contributed by atoms with Crippen molar-refractivity contribution >= 4 is 11.7 Å². The molecule has 0 aromatic heterocycles. The Morgan fingerprint density at radius 3 is 2.30 bits per heavy atom. The van der Waals surface area contributed by atoms with Crippen LogP contribution in [0.4, 0.5) is 13.2 Å². The van der Waals surface area contributed by atoms with Crippen molar-refractivity contribution in [1.82, 2.24) is 0 Å². The summed E-state index contributed by atoms with van der Waals surface area (Å²) in [6.07, 6.45) is -11.8. The van der Waals surface area contributed by atoms with Crippen LogP contribution >= 0.6 is 0 Å². The van der Waals surface area contributed by atoms with Crippen molar-refractivity contribution in [2.45, 2.75) is 56.1 Å². The van der Waals surface area contributed by atoms with Crippen LogP contribution in [-0.4, -0.2) is 82.6 Å². The van der Waals surface area contributed by atoms with Gasteiger partial charge >= 0.3 is 12.1 Å². The summed E-state index contributed by atoms with van der Waals surface area (Å²) in [5, 5.41) is 42.3. The first-order valence-electron chi connectivity index (χ1n) is 10.2. The van der Waals surface area contributed by atoms with Crippen LogP contribution in [0.1, 0.15) is 30.4 Å². The highest BCUT2D eigenvalue weighted by Crippen LogP contribution is 2.29. The van der Waals surface area contributed by atoms with E-state index in [0.29, 0.717) is 30.5 Å². The van der Waals surface area contributed by atoms with E-state index >= 15 is 0 Å². The van der Waals surface area contributed by atoms with Crippen LogP contribution in [0.2, 0.25) is 0 Å². The molecule has 0 bridgehead atoms. The van der Waals surface area contributed by atoms with E-state index < -0.39 is 48.4 Å². The average Bonchev–Trinajstić information content (AvgIpc) is 2.76. The molecule has 1 aliphatic rings. The van der Waals surface area contributed by atoms with Crippen LogP contribution in [0.15, 0.2) is 29.4 Å². The van der Waals surface area contributed by atoms with Crippen molar-refractivity contribution in [2.24, 2.45) is 10.9 Å². The number of hydrogen-bond donors (Lipinski definition) is 5. The van der Waals surface area contributed by atoms with Gasteiger partial charge in [-0.2, -0.15) is 13.2 Å². The van der Waals surface area contributed by atoms with Gasteiger partial charge in [0.25, 0.3) is 0 Å². The second kappa shape index (κ2) is 12.3. The summed E-state index contributed by atoms with van der Waals surface area (Å²) in [6, 6.07) is 4.46. The number of alkyl halides is 3. The molecule has 0 saturated carbocycles. The highest BCUT2D eigenvalue weighted by atomic mass is 19.4. The maximum Gasteiger partial charge on any atom is 0.416 e. The molecule has 10 nitrogen and oxygen atoms in total. The third-order valence-electron chi connectivity index (χ3n) is 4.83. The molecule has 0 radical (unpaired) electrons. The van der Waals surface area contributed by atoms with E-state index in [-0.39, 0.29) is 19.8 Å². The number of carboxylic acid groups (broad SMARTS) is 1. The number of oxime groups is 1. The number of benzene rings is 1. The zero-order valence-corrected chi connectivity index (χ0v) is 17.5. The minimum Gasteiger partial charge on any atom is -0.479 e.